The first-order valence-electron chi connectivity index (χ1n) is 5.87. The van der Waals surface area contributed by atoms with Crippen LogP contribution < -0.4 is 10.6 Å². The van der Waals surface area contributed by atoms with Gasteiger partial charge >= 0.3 is 0 Å². The van der Waals surface area contributed by atoms with Gasteiger partial charge in [0.15, 0.2) is 0 Å². The minimum absolute atomic E-state index is 0.638. The molecule has 2 N–H and O–H groups in total. The van der Waals surface area contributed by atoms with Crippen LogP contribution in [-0.2, 0) is 6.54 Å². The zero-order chi connectivity index (χ0) is 10.7. The Morgan fingerprint density at radius 2 is 1.93 bits per heavy atom. The fraction of sp³-hybridized carbons (Fsp3) is 0.538. The Balaban J connectivity index is 1.89. The average Bonchev–Trinajstić information content (AvgIpc) is 2.23. The lowest BCUT2D eigenvalue weighted by molar-refractivity contribution is 0.381. The van der Waals surface area contributed by atoms with Crippen molar-refractivity contribution in [2.75, 3.05) is 18.0 Å². The summed E-state index contributed by atoms with van der Waals surface area (Å²) in [5.41, 5.74) is 8.13. The molecule has 1 aliphatic rings. The van der Waals surface area contributed by atoms with E-state index in [1.807, 2.05) is 0 Å². The summed E-state index contributed by atoms with van der Waals surface area (Å²) in [7, 11) is 0. The van der Waals surface area contributed by atoms with Crippen molar-refractivity contribution in [1.82, 2.24) is 0 Å². The average molecular weight is 204 g/mol. The highest BCUT2D eigenvalue weighted by Gasteiger charge is 2.25. The second kappa shape index (κ2) is 4.67. The van der Waals surface area contributed by atoms with Crippen LogP contribution in [0.2, 0.25) is 0 Å². The minimum Gasteiger partial charge on any atom is -0.371 e. The molecule has 0 spiro atoms. The lowest BCUT2D eigenvalue weighted by Crippen LogP contribution is -2.46. The van der Waals surface area contributed by atoms with Gasteiger partial charge in [0.2, 0.25) is 0 Å². The van der Waals surface area contributed by atoms with Crippen LogP contribution in [0.25, 0.3) is 0 Å². The summed E-state index contributed by atoms with van der Waals surface area (Å²) >= 11 is 0. The fourth-order valence-corrected chi connectivity index (χ4v) is 2.21. The molecule has 0 saturated carbocycles. The number of benzene rings is 1. The molecule has 2 rings (SSSR count). The predicted octanol–water partition coefficient (Wildman–Crippen LogP) is 2.38. The van der Waals surface area contributed by atoms with E-state index in [1.165, 1.54) is 37.2 Å². The molecule has 82 valence electrons. The van der Waals surface area contributed by atoms with Crippen molar-refractivity contribution in [3.63, 3.8) is 0 Å². The largest absolute Gasteiger partial charge is 0.371 e. The first kappa shape index (κ1) is 10.5. The Hall–Kier alpha value is -1.02. The van der Waals surface area contributed by atoms with Gasteiger partial charge < -0.3 is 10.6 Å². The summed E-state index contributed by atoms with van der Waals surface area (Å²) in [4.78, 5) is 2.45. The first-order valence-corrected chi connectivity index (χ1v) is 5.87. The number of nitrogens with two attached hydrogens (primary N) is 1. The summed E-state index contributed by atoms with van der Waals surface area (Å²) in [5.74, 6) is 0.921. The molecule has 15 heavy (non-hydrogen) atoms. The SMILES string of the molecule is CCCC1CN(c2ccc(CN)cc2)C1. The highest BCUT2D eigenvalue weighted by molar-refractivity contribution is 5.49. The van der Waals surface area contributed by atoms with Crippen LogP contribution in [0, 0.1) is 5.92 Å². The van der Waals surface area contributed by atoms with Gasteiger partial charge in [0.1, 0.15) is 0 Å². The fourth-order valence-electron chi connectivity index (χ4n) is 2.21. The molecule has 1 fully saturated rings. The number of nitrogens with zero attached hydrogens (tertiary/aromatic N) is 1. The molecule has 0 bridgehead atoms. The Morgan fingerprint density at radius 1 is 1.27 bits per heavy atom. The van der Waals surface area contributed by atoms with Gasteiger partial charge in [0, 0.05) is 25.3 Å². The van der Waals surface area contributed by atoms with Crippen molar-refractivity contribution in [3.8, 4) is 0 Å². The van der Waals surface area contributed by atoms with E-state index in [0.29, 0.717) is 6.54 Å². The van der Waals surface area contributed by atoms with Crippen LogP contribution in [0.3, 0.4) is 0 Å². The quantitative estimate of drug-likeness (QED) is 0.816. The smallest absolute Gasteiger partial charge is 0.0366 e. The maximum Gasteiger partial charge on any atom is 0.0366 e. The predicted molar refractivity (Wildman–Crippen MR) is 64.9 cm³/mol. The summed E-state index contributed by atoms with van der Waals surface area (Å²) in [6.45, 7) is 5.36. The molecule has 0 aromatic heterocycles. The molecule has 0 atom stereocenters. The third kappa shape index (κ3) is 2.32. The number of rotatable bonds is 4. The molecule has 0 radical (unpaired) electrons. The molecule has 0 unspecified atom stereocenters. The number of anilines is 1. The Morgan fingerprint density at radius 3 is 2.47 bits per heavy atom. The van der Waals surface area contributed by atoms with Crippen LogP contribution in [0.5, 0.6) is 0 Å². The van der Waals surface area contributed by atoms with Gasteiger partial charge in [-0.05, 0) is 30.0 Å². The van der Waals surface area contributed by atoms with Crippen molar-refractivity contribution in [2.45, 2.75) is 26.3 Å². The van der Waals surface area contributed by atoms with Crippen molar-refractivity contribution >= 4 is 5.69 Å². The van der Waals surface area contributed by atoms with Gasteiger partial charge in [-0.25, -0.2) is 0 Å². The summed E-state index contributed by atoms with van der Waals surface area (Å²) in [6, 6.07) is 8.62. The molecule has 1 heterocycles. The molecule has 1 aromatic carbocycles. The first-order chi connectivity index (χ1) is 7.33. The van der Waals surface area contributed by atoms with E-state index >= 15 is 0 Å². The molecular weight excluding hydrogens is 184 g/mol. The van der Waals surface area contributed by atoms with E-state index in [0.717, 1.165) is 5.92 Å². The van der Waals surface area contributed by atoms with E-state index in [2.05, 4.69) is 36.1 Å². The van der Waals surface area contributed by atoms with Crippen LogP contribution in [0.15, 0.2) is 24.3 Å². The molecule has 2 heteroatoms. The van der Waals surface area contributed by atoms with Gasteiger partial charge in [-0.2, -0.15) is 0 Å². The zero-order valence-electron chi connectivity index (χ0n) is 9.45. The van der Waals surface area contributed by atoms with Crippen LogP contribution in [0.1, 0.15) is 25.3 Å². The van der Waals surface area contributed by atoms with E-state index in [9.17, 15) is 0 Å². The molecule has 1 aliphatic heterocycles. The second-order valence-electron chi connectivity index (χ2n) is 4.43. The molecule has 0 aliphatic carbocycles. The van der Waals surface area contributed by atoms with Gasteiger partial charge in [0.25, 0.3) is 0 Å². The molecule has 0 amide bonds. The standard InChI is InChI=1S/C13H20N2/c1-2-3-12-9-15(10-12)13-6-4-11(8-14)5-7-13/h4-7,12H,2-3,8-10,14H2,1H3. The van der Waals surface area contributed by atoms with E-state index in [4.69, 9.17) is 5.73 Å². The van der Waals surface area contributed by atoms with Crippen molar-refractivity contribution in [3.05, 3.63) is 29.8 Å². The van der Waals surface area contributed by atoms with Crippen LogP contribution in [-0.4, -0.2) is 13.1 Å². The third-order valence-electron chi connectivity index (χ3n) is 3.19. The van der Waals surface area contributed by atoms with Crippen LogP contribution in [0.4, 0.5) is 5.69 Å². The van der Waals surface area contributed by atoms with E-state index in [-0.39, 0.29) is 0 Å². The van der Waals surface area contributed by atoms with Crippen molar-refractivity contribution in [2.24, 2.45) is 11.7 Å². The highest BCUT2D eigenvalue weighted by Crippen LogP contribution is 2.27. The molecule has 2 nitrogen and oxygen atoms in total. The molecule has 1 aromatic rings. The summed E-state index contributed by atoms with van der Waals surface area (Å²) < 4.78 is 0. The number of hydrogen-bond donors (Lipinski definition) is 1. The van der Waals surface area contributed by atoms with Crippen molar-refractivity contribution in [1.29, 1.82) is 0 Å². The maximum atomic E-state index is 5.57. The maximum absolute atomic E-state index is 5.57. The molecular formula is C13H20N2. The van der Waals surface area contributed by atoms with Gasteiger partial charge in [-0.3, -0.25) is 0 Å². The zero-order valence-corrected chi connectivity index (χ0v) is 9.45. The van der Waals surface area contributed by atoms with Gasteiger partial charge in [0.05, 0.1) is 0 Å². The van der Waals surface area contributed by atoms with E-state index in [1.54, 1.807) is 0 Å². The van der Waals surface area contributed by atoms with Gasteiger partial charge in [-0.1, -0.05) is 25.5 Å². The Labute approximate surface area is 92.1 Å². The normalized spacial score (nSPS) is 16.5. The summed E-state index contributed by atoms with van der Waals surface area (Å²) in [6.07, 6.45) is 2.68. The number of hydrogen-bond acceptors (Lipinski definition) is 2. The Bertz CT molecular complexity index is 299. The minimum atomic E-state index is 0.638. The van der Waals surface area contributed by atoms with Crippen LogP contribution >= 0.6 is 0 Å². The lowest BCUT2D eigenvalue weighted by atomic mass is 9.94. The van der Waals surface area contributed by atoms with Gasteiger partial charge in [-0.15, -0.1) is 0 Å². The van der Waals surface area contributed by atoms with Crippen molar-refractivity contribution < 1.29 is 0 Å². The highest BCUT2D eigenvalue weighted by atomic mass is 15.2. The Kier molecular flexibility index (Phi) is 3.27. The lowest BCUT2D eigenvalue weighted by Gasteiger charge is -2.41. The van der Waals surface area contributed by atoms with E-state index < -0.39 is 0 Å². The monoisotopic (exact) mass is 204 g/mol. The topological polar surface area (TPSA) is 29.3 Å². The second-order valence-corrected chi connectivity index (χ2v) is 4.43. The molecule has 1 saturated heterocycles. The third-order valence-corrected chi connectivity index (χ3v) is 3.19. The summed E-state index contributed by atoms with van der Waals surface area (Å²) in [5, 5.41) is 0.